The molecule has 0 atom stereocenters. The molecule has 0 fully saturated rings. The Morgan fingerprint density at radius 2 is 1.89 bits per heavy atom. The molecule has 146 valence electrons. The number of hydrogen-bond donors (Lipinski definition) is 1. The Kier molecular flexibility index (Phi) is 5.55. The van der Waals surface area contributed by atoms with Crippen LogP contribution >= 0.6 is 0 Å². The first-order valence-corrected chi connectivity index (χ1v) is 9.07. The SMILES string of the molecule is CCN(CC)CC(=O)N1CCc2[nH]nc(-c3ccc(C(F)(F)F)cc3)c2C1. The van der Waals surface area contributed by atoms with Crippen molar-refractivity contribution in [3.8, 4) is 11.3 Å². The van der Waals surface area contributed by atoms with Gasteiger partial charge in [-0.2, -0.15) is 18.3 Å². The maximum Gasteiger partial charge on any atom is 0.416 e. The molecule has 1 aliphatic heterocycles. The smallest absolute Gasteiger partial charge is 0.337 e. The first-order chi connectivity index (χ1) is 12.8. The van der Waals surface area contributed by atoms with Crippen LogP contribution in [0.5, 0.6) is 0 Å². The number of alkyl halides is 3. The largest absolute Gasteiger partial charge is 0.416 e. The molecule has 1 N–H and O–H groups in total. The number of amides is 1. The molecule has 5 nitrogen and oxygen atoms in total. The lowest BCUT2D eigenvalue weighted by Crippen LogP contribution is -2.42. The summed E-state index contributed by atoms with van der Waals surface area (Å²) in [5, 5.41) is 7.26. The molecular formula is C19H23F3N4O. The van der Waals surface area contributed by atoms with Gasteiger partial charge in [0.25, 0.3) is 0 Å². The number of H-pyrrole nitrogens is 1. The number of nitrogens with zero attached hydrogens (tertiary/aromatic N) is 3. The second-order valence-electron chi connectivity index (χ2n) is 6.63. The highest BCUT2D eigenvalue weighted by Crippen LogP contribution is 2.33. The van der Waals surface area contributed by atoms with E-state index in [1.807, 2.05) is 13.8 Å². The monoisotopic (exact) mass is 380 g/mol. The van der Waals surface area contributed by atoms with Gasteiger partial charge in [-0.3, -0.25) is 14.8 Å². The fourth-order valence-corrected chi connectivity index (χ4v) is 3.30. The van der Waals surface area contributed by atoms with Crippen molar-refractivity contribution in [2.45, 2.75) is 33.0 Å². The lowest BCUT2D eigenvalue weighted by atomic mass is 10.00. The molecule has 0 bridgehead atoms. The predicted octanol–water partition coefficient (Wildman–Crippen LogP) is 3.32. The molecule has 2 heterocycles. The Morgan fingerprint density at radius 3 is 2.48 bits per heavy atom. The number of rotatable bonds is 5. The standard InChI is InChI=1S/C19H23F3N4O/c1-3-25(4-2)12-17(27)26-10-9-16-15(11-26)18(24-23-16)13-5-7-14(8-6-13)19(20,21)22/h5-8H,3-4,9-12H2,1-2H3,(H,23,24). The summed E-state index contributed by atoms with van der Waals surface area (Å²) in [4.78, 5) is 16.4. The third-order valence-electron chi connectivity index (χ3n) is 5.03. The van der Waals surface area contributed by atoms with Crippen LogP contribution in [0.4, 0.5) is 13.2 Å². The number of fused-ring (bicyclic) bond motifs is 1. The highest BCUT2D eigenvalue weighted by molar-refractivity contribution is 5.79. The Balaban J connectivity index is 1.79. The van der Waals surface area contributed by atoms with Crippen LogP contribution in [0, 0.1) is 0 Å². The summed E-state index contributed by atoms with van der Waals surface area (Å²) >= 11 is 0. The molecule has 1 aromatic heterocycles. The molecule has 0 saturated carbocycles. The number of aromatic amines is 1. The Hall–Kier alpha value is -2.35. The van der Waals surface area contributed by atoms with E-state index in [1.165, 1.54) is 12.1 Å². The van der Waals surface area contributed by atoms with Gasteiger partial charge in [-0.05, 0) is 25.2 Å². The summed E-state index contributed by atoms with van der Waals surface area (Å²) in [7, 11) is 0. The van der Waals surface area contributed by atoms with Crippen LogP contribution in [0.2, 0.25) is 0 Å². The molecule has 2 aromatic rings. The number of halogens is 3. The first-order valence-electron chi connectivity index (χ1n) is 9.07. The minimum absolute atomic E-state index is 0.0592. The zero-order valence-corrected chi connectivity index (χ0v) is 15.4. The highest BCUT2D eigenvalue weighted by atomic mass is 19.4. The van der Waals surface area contributed by atoms with Gasteiger partial charge in [-0.1, -0.05) is 26.0 Å². The summed E-state index contributed by atoms with van der Waals surface area (Å²) in [6.45, 7) is 7.06. The lowest BCUT2D eigenvalue weighted by molar-refractivity contribution is -0.137. The molecule has 8 heteroatoms. The number of hydrogen-bond acceptors (Lipinski definition) is 3. The zero-order chi connectivity index (χ0) is 19.6. The number of benzene rings is 1. The average Bonchev–Trinajstić information content (AvgIpc) is 3.08. The molecule has 1 aliphatic rings. The number of carbonyl (C=O) groups is 1. The maximum absolute atomic E-state index is 12.8. The van der Waals surface area contributed by atoms with E-state index < -0.39 is 11.7 Å². The third kappa shape index (κ3) is 4.16. The van der Waals surface area contributed by atoms with Crippen molar-refractivity contribution in [1.82, 2.24) is 20.0 Å². The van der Waals surface area contributed by atoms with Crippen LogP contribution in [0.15, 0.2) is 24.3 Å². The van der Waals surface area contributed by atoms with Gasteiger partial charge in [0.05, 0.1) is 17.8 Å². The van der Waals surface area contributed by atoms with Gasteiger partial charge in [0.2, 0.25) is 5.91 Å². The van der Waals surface area contributed by atoms with Crippen molar-refractivity contribution in [2.24, 2.45) is 0 Å². The van der Waals surface area contributed by atoms with Gasteiger partial charge in [0.1, 0.15) is 0 Å². The molecule has 1 amide bonds. The number of carbonyl (C=O) groups excluding carboxylic acids is 1. The fourth-order valence-electron chi connectivity index (χ4n) is 3.30. The van der Waals surface area contributed by atoms with Gasteiger partial charge >= 0.3 is 6.18 Å². The van der Waals surface area contributed by atoms with Crippen molar-refractivity contribution in [3.63, 3.8) is 0 Å². The number of likely N-dealkylation sites (N-methyl/N-ethyl adjacent to an activating group) is 1. The quantitative estimate of drug-likeness (QED) is 0.866. The maximum atomic E-state index is 12.8. The molecule has 1 aromatic carbocycles. The van der Waals surface area contributed by atoms with Crippen LogP contribution in [0.25, 0.3) is 11.3 Å². The minimum atomic E-state index is -4.36. The van der Waals surface area contributed by atoms with Gasteiger partial charge in [-0.15, -0.1) is 0 Å². The van der Waals surface area contributed by atoms with Crippen molar-refractivity contribution in [3.05, 3.63) is 41.1 Å². The number of aromatic nitrogens is 2. The summed E-state index contributed by atoms with van der Waals surface area (Å²) < 4.78 is 38.3. The van der Waals surface area contributed by atoms with Crippen LogP contribution < -0.4 is 0 Å². The zero-order valence-electron chi connectivity index (χ0n) is 15.4. The third-order valence-corrected chi connectivity index (χ3v) is 5.03. The molecule has 0 aliphatic carbocycles. The van der Waals surface area contributed by atoms with Crippen molar-refractivity contribution < 1.29 is 18.0 Å². The van der Waals surface area contributed by atoms with E-state index in [0.717, 1.165) is 36.5 Å². The summed E-state index contributed by atoms with van der Waals surface area (Å²) in [6, 6.07) is 4.97. The first kappa shape index (κ1) is 19.4. The lowest BCUT2D eigenvalue weighted by Gasteiger charge is -2.29. The Labute approximate surface area is 156 Å². The Morgan fingerprint density at radius 1 is 1.22 bits per heavy atom. The summed E-state index contributed by atoms with van der Waals surface area (Å²) in [5.74, 6) is 0.0592. The fraction of sp³-hybridized carbons (Fsp3) is 0.474. The van der Waals surface area contributed by atoms with Crippen LogP contribution in [-0.2, 0) is 23.9 Å². The molecule has 3 rings (SSSR count). The van der Waals surface area contributed by atoms with E-state index in [1.54, 1.807) is 4.90 Å². The van der Waals surface area contributed by atoms with E-state index in [4.69, 9.17) is 0 Å². The van der Waals surface area contributed by atoms with Crippen molar-refractivity contribution >= 4 is 5.91 Å². The van der Waals surface area contributed by atoms with Crippen LogP contribution in [-0.4, -0.2) is 52.1 Å². The van der Waals surface area contributed by atoms with Crippen molar-refractivity contribution in [2.75, 3.05) is 26.2 Å². The molecule has 0 unspecified atom stereocenters. The van der Waals surface area contributed by atoms with E-state index in [9.17, 15) is 18.0 Å². The molecule has 27 heavy (non-hydrogen) atoms. The second kappa shape index (κ2) is 7.72. The molecule has 0 saturated heterocycles. The average molecular weight is 380 g/mol. The van der Waals surface area contributed by atoms with Crippen LogP contribution in [0.3, 0.4) is 0 Å². The van der Waals surface area contributed by atoms with E-state index >= 15 is 0 Å². The van der Waals surface area contributed by atoms with Crippen LogP contribution in [0.1, 0.15) is 30.7 Å². The summed E-state index contributed by atoms with van der Waals surface area (Å²) in [5.41, 5.74) is 2.36. The topological polar surface area (TPSA) is 52.2 Å². The molecule has 0 spiro atoms. The molecule has 0 radical (unpaired) electrons. The minimum Gasteiger partial charge on any atom is -0.337 e. The van der Waals surface area contributed by atoms with Gasteiger partial charge in [0, 0.05) is 36.3 Å². The normalized spacial score (nSPS) is 14.5. The van der Waals surface area contributed by atoms with Gasteiger partial charge in [-0.25, -0.2) is 0 Å². The van der Waals surface area contributed by atoms with E-state index in [-0.39, 0.29) is 5.91 Å². The van der Waals surface area contributed by atoms with Gasteiger partial charge in [0.15, 0.2) is 0 Å². The second-order valence-corrected chi connectivity index (χ2v) is 6.63. The predicted molar refractivity (Wildman–Crippen MR) is 95.9 cm³/mol. The van der Waals surface area contributed by atoms with Crippen molar-refractivity contribution in [1.29, 1.82) is 0 Å². The van der Waals surface area contributed by atoms with Gasteiger partial charge < -0.3 is 4.90 Å². The highest BCUT2D eigenvalue weighted by Gasteiger charge is 2.31. The Bertz CT molecular complexity index is 794. The summed E-state index contributed by atoms with van der Waals surface area (Å²) in [6.07, 6.45) is -3.70. The number of nitrogens with one attached hydrogen (secondary N) is 1. The van der Waals surface area contributed by atoms with E-state index in [2.05, 4.69) is 15.1 Å². The van der Waals surface area contributed by atoms with E-state index in [0.29, 0.717) is 37.3 Å². The molecular weight excluding hydrogens is 357 g/mol.